The van der Waals surface area contributed by atoms with E-state index in [2.05, 4.69) is 16.8 Å². The standard InChI is InChI=1S/C19H28FN3O3/c1-15(21-18(24)26-19(2,3)4)22-10-12-23(13-11-22)16-5-7-17(8-6-16)25-14-9-20/h5-8H,1,9-14H2,2-4H3,(H,21,24). The second-order valence-electron chi connectivity index (χ2n) is 7.08. The van der Waals surface area contributed by atoms with Crippen molar-refractivity contribution in [2.45, 2.75) is 26.4 Å². The van der Waals surface area contributed by atoms with Crippen molar-refractivity contribution in [2.24, 2.45) is 0 Å². The van der Waals surface area contributed by atoms with Gasteiger partial charge in [0.2, 0.25) is 0 Å². The molecule has 0 spiro atoms. The highest BCUT2D eigenvalue weighted by Gasteiger charge is 2.21. The van der Waals surface area contributed by atoms with Crippen LogP contribution in [0.2, 0.25) is 0 Å². The number of amides is 1. The normalized spacial score (nSPS) is 14.8. The van der Waals surface area contributed by atoms with Crippen LogP contribution in [0.5, 0.6) is 5.75 Å². The zero-order valence-electron chi connectivity index (χ0n) is 15.8. The summed E-state index contributed by atoms with van der Waals surface area (Å²) in [5.41, 5.74) is 0.548. The highest BCUT2D eigenvalue weighted by Crippen LogP contribution is 2.21. The van der Waals surface area contributed by atoms with Gasteiger partial charge in [-0.2, -0.15) is 0 Å². The first kappa shape index (κ1) is 19.9. The minimum Gasteiger partial charge on any atom is -0.491 e. The fourth-order valence-electron chi connectivity index (χ4n) is 2.64. The molecule has 0 unspecified atom stereocenters. The van der Waals surface area contributed by atoms with E-state index in [0.717, 1.165) is 31.9 Å². The molecule has 1 aromatic rings. The Morgan fingerprint density at radius 1 is 1.19 bits per heavy atom. The number of hydrogen-bond donors (Lipinski definition) is 1. The summed E-state index contributed by atoms with van der Waals surface area (Å²) in [4.78, 5) is 16.1. The third-order valence-electron chi connectivity index (χ3n) is 3.85. The van der Waals surface area contributed by atoms with Gasteiger partial charge in [0.15, 0.2) is 0 Å². The summed E-state index contributed by atoms with van der Waals surface area (Å²) in [6, 6.07) is 7.63. The van der Waals surface area contributed by atoms with E-state index in [0.29, 0.717) is 11.6 Å². The molecule has 1 aliphatic heterocycles. The Labute approximate surface area is 154 Å². The van der Waals surface area contributed by atoms with E-state index in [1.807, 2.05) is 49.9 Å². The predicted molar refractivity (Wildman–Crippen MR) is 100 cm³/mol. The average molecular weight is 365 g/mol. The quantitative estimate of drug-likeness (QED) is 0.839. The van der Waals surface area contributed by atoms with Crippen molar-refractivity contribution in [3.05, 3.63) is 36.7 Å². The van der Waals surface area contributed by atoms with Gasteiger partial charge in [0.25, 0.3) is 0 Å². The first-order valence-electron chi connectivity index (χ1n) is 8.76. The van der Waals surface area contributed by atoms with Gasteiger partial charge in [-0.25, -0.2) is 9.18 Å². The molecule has 1 N–H and O–H groups in total. The van der Waals surface area contributed by atoms with Crippen LogP contribution < -0.4 is 15.0 Å². The minimum absolute atomic E-state index is 0.0742. The zero-order valence-corrected chi connectivity index (χ0v) is 15.8. The van der Waals surface area contributed by atoms with Gasteiger partial charge in [-0.05, 0) is 45.0 Å². The number of carbonyl (C=O) groups is 1. The van der Waals surface area contributed by atoms with Crippen molar-refractivity contribution in [3.8, 4) is 5.75 Å². The number of piperazine rings is 1. The first-order chi connectivity index (χ1) is 12.3. The number of nitrogens with zero attached hydrogens (tertiary/aromatic N) is 2. The van der Waals surface area contributed by atoms with Crippen LogP contribution in [-0.4, -0.2) is 56.1 Å². The Kier molecular flexibility index (Phi) is 6.71. The maximum absolute atomic E-state index is 12.1. The number of rotatable bonds is 6. The van der Waals surface area contributed by atoms with Gasteiger partial charge in [0.1, 0.15) is 30.5 Å². The van der Waals surface area contributed by atoms with Crippen molar-refractivity contribution < 1.29 is 18.7 Å². The van der Waals surface area contributed by atoms with Gasteiger partial charge in [0, 0.05) is 31.9 Å². The Morgan fingerprint density at radius 2 is 1.81 bits per heavy atom. The lowest BCUT2D eigenvalue weighted by Gasteiger charge is -2.38. The van der Waals surface area contributed by atoms with Gasteiger partial charge < -0.3 is 19.3 Å². The number of halogens is 1. The third-order valence-corrected chi connectivity index (χ3v) is 3.85. The lowest BCUT2D eigenvalue weighted by molar-refractivity contribution is 0.0526. The highest BCUT2D eigenvalue weighted by atomic mass is 19.1. The number of nitrogens with one attached hydrogen (secondary N) is 1. The summed E-state index contributed by atoms with van der Waals surface area (Å²) < 4.78 is 22.6. The molecule has 1 heterocycles. The monoisotopic (exact) mass is 365 g/mol. The van der Waals surface area contributed by atoms with E-state index in [-0.39, 0.29) is 6.61 Å². The maximum atomic E-state index is 12.1. The second kappa shape index (κ2) is 8.78. The van der Waals surface area contributed by atoms with E-state index in [1.54, 1.807) is 0 Å². The molecule has 6 nitrogen and oxygen atoms in total. The Bertz CT molecular complexity index is 605. The molecule has 1 amide bonds. The molecule has 0 radical (unpaired) electrons. The SMILES string of the molecule is C=C(NC(=O)OC(C)(C)C)N1CCN(c2ccc(OCCF)cc2)CC1. The predicted octanol–water partition coefficient (Wildman–Crippen LogP) is 3.15. The van der Waals surface area contributed by atoms with Crippen LogP contribution in [0, 0.1) is 0 Å². The van der Waals surface area contributed by atoms with Crippen LogP contribution in [-0.2, 0) is 4.74 Å². The number of benzene rings is 1. The number of hydrogen-bond acceptors (Lipinski definition) is 5. The average Bonchev–Trinajstić information content (AvgIpc) is 2.59. The lowest BCUT2D eigenvalue weighted by atomic mass is 10.2. The van der Waals surface area contributed by atoms with Crippen LogP contribution in [0.4, 0.5) is 14.9 Å². The molecule has 1 saturated heterocycles. The van der Waals surface area contributed by atoms with Gasteiger partial charge in [0.05, 0.1) is 0 Å². The second-order valence-corrected chi connectivity index (χ2v) is 7.08. The summed E-state index contributed by atoms with van der Waals surface area (Å²) in [6.07, 6.45) is -0.492. The molecule has 1 aromatic carbocycles. The summed E-state index contributed by atoms with van der Waals surface area (Å²) in [6.45, 7) is 12.1. The van der Waals surface area contributed by atoms with Crippen molar-refractivity contribution in [1.29, 1.82) is 0 Å². The fourth-order valence-corrected chi connectivity index (χ4v) is 2.64. The van der Waals surface area contributed by atoms with E-state index >= 15 is 0 Å². The van der Waals surface area contributed by atoms with Crippen LogP contribution in [0.3, 0.4) is 0 Å². The van der Waals surface area contributed by atoms with E-state index in [4.69, 9.17) is 9.47 Å². The van der Waals surface area contributed by atoms with E-state index < -0.39 is 18.4 Å². The van der Waals surface area contributed by atoms with Crippen LogP contribution in [0.25, 0.3) is 0 Å². The van der Waals surface area contributed by atoms with Gasteiger partial charge >= 0.3 is 6.09 Å². The zero-order chi connectivity index (χ0) is 19.2. The van der Waals surface area contributed by atoms with E-state index in [1.165, 1.54) is 0 Å². The molecule has 7 heteroatoms. The smallest absolute Gasteiger partial charge is 0.413 e. The maximum Gasteiger partial charge on any atom is 0.413 e. The van der Waals surface area contributed by atoms with E-state index in [9.17, 15) is 9.18 Å². The summed E-state index contributed by atoms with van der Waals surface area (Å²) in [5.74, 6) is 1.22. The van der Waals surface area contributed by atoms with Crippen LogP contribution in [0.15, 0.2) is 36.7 Å². The number of ether oxygens (including phenoxy) is 2. The number of alkyl halides is 1. The summed E-state index contributed by atoms with van der Waals surface area (Å²) in [5, 5.41) is 2.69. The number of carbonyl (C=O) groups excluding carboxylic acids is 1. The van der Waals surface area contributed by atoms with Crippen molar-refractivity contribution in [3.63, 3.8) is 0 Å². The van der Waals surface area contributed by atoms with Crippen molar-refractivity contribution in [1.82, 2.24) is 10.2 Å². The molecule has 2 rings (SSSR count). The Hall–Kier alpha value is -2.44. The first-order valence-corrected chi connectivity index (χ1v) is 8.76. The molecule has 0 saturated carbocycles. The molecule has 1 aliphatic rings. The lowest BCUT2D eigenvalue weighted by Crippen LogP contribution is -2.49. The highest BCUT2D eigenvalue weighted by molar-refractivity contribution is 5.69. The molecule has 0 aromatic heterocycles. The van der Waals surface area contributed by atoms with Crippen LogP contribution in [0.1, 0.15) is 20.8 Å². The fraction of sp³-hybridized carbons (Fsp3) is 0.526. The van der Waals surface area contributed by atoms with Gasteiger partial charge in [-0.3, -0.25) is 5.32 Å². The molecule has 144 valence electrons. The van der Waals surface area contributed by atoms with Gasteiger partial charge in [-0.1, -0.05) is 6.58 Å². The van der Waals surface area contributed by atoms with Gasteiger partial charge in [-0.15, -0.1) is 0 Å². The summed E-state index contributed by atoms with van der Waals surface area (Å²) >= 11 is 0. The molecule has 0 bridgehead atoms. The minimum atomic E-state index is -0.539. The van der Waals surface area contributed by atoms with Crippen molar-refractivity contribution in [2.75, 3.05) is 44.4 Å². The Balaban J connectivity index is 1.81. The number of anilines is 1. The largest absolute Gasteiger partial charge is 0.491 e. The topological polar surface area (TPSA) is 54.0 Å². The summed E-state index contributed by atoms with van der Waals surface area (Å²) in [7, 11) is 0. The molecule has 0 atom stereocenters. The third kappa shape index (κ3) is 6.13. The molecule has 0 aliphatic carbocycles. The molecular weight excluding hydrogens is 337 g/mol. The molecular formula is C19H28FN3O3. The van der Waals surface area contributed by atoms with Crippen LogP contribution >= 0.6 is 0 Å². The number of alkyl carbamates (subject to hydrolysis) is 1. The molecule has 1 fully saturated rings. The molecule has 26 heavy (non-hydrogen) atoms. The van der Waals surface area contributed by atoms with Crippen molar-refractivity contribution >= 4 is 11.8 Å². The Morgan fingerprint density at radius 3 is 2.35 bits per heavy atom.